The molecule has 18 heavy (non-hydrogen) atoms. The van der Waals surface area contributed by atoms with Crippen molar-refractivity contribution in [2.45, 2.75) is 26.8 Å². The first-order valence-electron chi connectivity index (χ1n) is 6.05. The molecule has 0 radical (unpaired) electrons. The van der Waals surface area contributed by atoms with E-state index in [0.29, 0.717) is 18.0 Å². The number of aromatic nitrogens is 4. The van der Waals surface area contributed by atoms with E-state index in [1.165, 1.54) is 0 Å². The van der Waals surface area contributed by atoms with E-state index in [0.717, 1.165) is 24.4 Å². The Morgan fingerprint density at radius 3 is 2.83 bits per heavy atom. The third-order valence-corrected chi connectivity index (χ3v) is 2.54. The monoisotopic (exact) mass is 247 g/mol. The van der Waals surface area contributed by atoms with E-state index in [2.05, 4.69) is 22.4 Å². The van der Waals surface area contributed by atoms with E-state index in [4.69, 9.17) is 10.5 Å². The molecule has 0 amide bonds. The Morgan fingerprint density at radius 2 is 2.17 bits per heavy atom. The highest BCUT2D eigenvalue weighted by Crippen LogP contribution is 2.27. The van der Waals surface area contributed by atoms with Crippen LogP contribution in [-0.4, -0.2) is 26.8 Å². The molecule has 0 spiro atoms. The standard InChI is InChI=1S/C12H17N5O/c1-3-7-17-12(14-15-16-17)9-5-6-11(18-4-2)10(13)8-9/h5-6,8H,3-4,7,13H2,1-2H3. The number of benzene rings is 1. The van der Waals surface area contributed by atoms with Crippen LogP contribution in [-0.2, 0) is 6.54 Å². The molecule has 2 rings (SSSR count). The fraction of sp³-hybridized carbons (Fsp3) is 0.417. The molecule has 6 heteroatoms. The zero-order chi connectivity index (χ0) is 13.0. The maximum atomic E-state index is 5.93. The molecule has 96 valence electrons. The zero-order valence-corrected chi connectivity index (χ0v) is 10.6. The molecule has 6 nitrogen and oxygen atoms in total. The number of aryl methyl sites for hydroxylation is 1. The Kier molecular flexibility index (Phi) is 3.76. The van der Waals surface area contributed by atoms with Gasteiger partial charge in [0, 0.05) is 12.1 Å². The summed E-state index contributed by atoms with van der Waals surface area (Å²) in [6.45, 7) is 5.39. The molecule has 1 heterocycles. The lowest BCUT2D eigenvalue weighted by atomic mass is 10.1. The Morgan fingerprint density at radius 1 is 1.33 bits per heavy atom. The van der Waals surface area contributed by atoms with Crippen LogP contribution in [0.25, 0.3) is 11.4 Å². The highest BCUT2D eigenvalue weighted by atomic mass is 16.5. The molecule has 2 N–H and O–H groups in total. The van der Waals surface area contributed by atoms with Gasteiger partial charge in [0.25, 0.3) is 0 Å². The minimum absolute atomic E-state index is 0.594. The highest BCUT2D eigenvalue weighted by Gasteiger charge is 2.10. The van der Waals surface area contributed by atoms with Gasteiger partial charge in [-0.2, -0.15) is 0 Å². The van der Waals surface area contributed by atoms with Crippen molar-refractivity contribution in [1.29, 1.82) is 0 Å². The van der Waals surface area contributed by atoms with Crippen molar-refractivity contribution in [1.82, 2.24) is 20.2 Å². The fourth-order valence-corrected chi connectivity index (χ4v) is 1.75. The van der Waals surface area contributed by atoms with Crippen LogP contribution in [0.1, 0.15) is 20.3 Å². The number of hydrogen-bond acceptors (Lipinski definition) is 5. The lowest BCUT2D eigenvalue weighted by Crippen LogP contribution is -2.03. The van der Waals surface area contributed by atoms with Crippen molar-refractivity contribution in [3.63, 3.8) is 0 Å². The van der Waals surface area contributed by atoms with Gasteiger partial charge in [0.2, 0.25) is 0 Å². The van der Waals surface area contributed by atoms with Crippen LogP contribution < -0.4 is 10.5 Å². The SMILES string of the molecule is CCCn1nnnc1-c1ccc(OCC)c(N)c1. The lowest BCUT2D eigenvalue weighted by Gasteiger charge is -2.08. The Balaban J connectivity index is 2.33. The first-order chi connectivity index (χ1) is 8.76. The second-order valence-electron chi connectivity index (χ2n) is 3.91. The van der Waals surface area contributed by atoms with Gasteiger partial charge in [-0.15, -0.1) is 5.10 Å². The Labute approximate surface area is 106 Å². The number of nitrogens with two attached hydrogens (primary N) is 1. The lowest BCUT2D eigenvalue weighted by molar-refractivity contribution is 0.342. The average Bonchev–Trinajstić information content (AvgIpc) is 2.81. The molecule has 0 aliphatic heterocycles. The van der Waals surface area contributed by atoms with Gasteiger partial charge in [-0.1, -0.05) is 6.92 Å². The number of tetrazole rings is 1. The average molecular weight is 247 g/mol. The summed E-state index contributed by atoms with van der Waals surface area (Å²) in [5.41, 5.74) is 7.43. The van der Waals surface area contributed by atoms with Gasteiger partial charge in [-0.3, -0.25) is 0 Å². The van der Waals surface area contributed by atoms with E-state index in [9.17, 15) is 0 Å². The molecule has 0 aliphatic rings. The second-order valence-corrected chi connectivity index (χ2v) is 3.91. The number of rotatable bonds is 5. The number of ether oxygens (including phenoxy) is 1. The molecular formula is C12H17N5O. The summed E-state index contributed by atoms with van der Waals surface area (Å²) in [5.74, 6) is 1.42. The molecule has 0 saturated carbocycles. The normalized spacial score (nSPS) is 10.6. The van der Waals surface area contributed by atoms with Gasteiger partial charge in [-0.25, -0.2) is 4.68 Å². The number of nitrogens with zero attached hydrogens (tertiary/aromatic N) is 4. The predicted molar refractivity (Wildman–Crippen MR) is 69.1 cm³/mol. The fourth-order valence-electron chi connectivity index (χ4n) is 1.75. The van der Waals surface area contributed by atoms with Crippen LogP contribution in [0, 0.1) is 0 Å². The van der Waals surface area contributed by atoms with Crippen molar-refractivity contribution in [2.24, 2.45) is 0 Å². The van der Waals surface area contributed by atoms with Crippen molar-refractivity contribution in [2.75, 3.05) is 12.3 Å². The molecule has 0 aliphatic carbocycles. The van der Waals surface area contributed by atoms with Crippen LogP contribution in [0.3, 0.4) is 0 Å². The molecule has 0 unspecified atom stereocenters. The summed E-state index contributed by atoms with van der Waals surface area (Å²) < 4.78 is 7.18. The molecule has 0 saturated heterocycles. The van der Waals surface area contributed by atoms with Gasteiger partial charge < -0.3 is 10.5 Å². The van der Waals surface area contributed by atoms with Gasteiger partial charge in [0.1, 0.15) is 5.75 Å². The third kappa shape index (κ3) is 2.42. The van der Waals surface area contributed by atoms with E-state index in [1.54, 1.807) is 4.68 Å². The summed E-state index contributed by atoms with van der Waals surface area (Å²) in [4.78, 5) is 0. The maximum Gasteiger partial charge on any atom is 0.182 e. The third-order valence-electron chi connectivity index (χ3n) is 2.54. The van der Waals surface area contributed by atoms with Crippen molar-refractivity contribution in [3.05, 3.63) is 18.2 Å². The van der Waals surface area contributed by atoms with Crippen LogP contribution >= 0.6 is 0 Å². The molecule has 0 bridgehead atoms. The second kappa shape index (κ2) is 5.48. The molecule has 0 fully saturated rings. The van der Waals surface area contributed by atoms with E-state index >= 15 is 0 Å². The van der Waals surface area contributed by atoms with Gasteiger partial charge in [0.05, 0.1) is 12.3 Å². The van der Waals surface area contributed by atoms with Crippen LogP contribution in [0.15, 0.2) is 18.2 Å². The smallest absolute Gasteiger partial charge is 0.182 e. The summed E-state index contributed by atoms with van der Waals surface area (Å²) in [6, 6.07) is 5.60. The molecule has 1 aromatic heterocycles. The van der Waals surface area contributed by atoms with Gasteiger partial charge in [0.15, 0.2) is 5.82 Å². The Bertz CT molecular complexity index is 523. The van der Waals surface area contributed by atoms with Gasteiger partial charge >= 0.3 is 0 Å². The largest absolute Gasteiger partial charge is 0.492 e. The van der Waals surface area contributed by atoms with E-state index in [1.807, 2.05) is 25.1 Å². The summed E-state index contributed by atoms with van der Waals surface area (Å²) in [5, 5.41) is 11.7. The number of hydrogen-bond donors (Lipinski definition) is 1. The van der Waals surface area contributed by atoms with Crippen molar-refractivity contribution >= 4 is 5.69 Å². The summed E-state index contributed by atoms with van der Waals surface area (Å²) in [6.07, 6.45) is 0.977. The van der Waals surface area contributed by atoms with Crippen LogP contribution in [0.5, 0.6) is 5.75 Å². The molecule has 1 aromatic carbocycles. The summed E-state index contributed by atoms with van der Waals surface area (Å²) >= 11 is 0. The Hall–Kier alpha value is -2.11. The topological polar surface area (TPSA) is 78.8 Å². The predicted octanol–water partition coefficient (Wildman–Crippen LogP) is 1.73. The van der Waals surface area contributed by atoms with Gasteiger partial charge in [-0.05, 0) is 42.0 Å². The first kappa shape index (κ1) is 12.3. The van der Waals surface area contributed by atoms with Crippen molar-refractivity contribution < 1.29 is 4.74 Å². The van der Waals surface area contributed by atoms with E-state index in [-0.39, 0.29) is 0 Å². The molecule has 2 aromatic rings. The van der Waals surface area contributed by atoms with Crippen LogP contribution in [0.4, 0.5) is 5.69 Å². The quantitative estimate of drug-likeness (QED) is 0.814. The minimum atomic E-state index is 0.594. The zero-order valence-electron chi connectivity index (χ0n) is 10.6. The van der Waals surface area contributed by atoms with Crippen LogP contribution in [0.2, 0.25) is 0 Å². The van der Waals surface area contributed by atoms with E-state index < -0.39 is 0 Å². The van der Waals surface area contributed by atoms with Crippen molar-refractivity contribution in [3.8, 4) is 17.1 Å². The molecular weight excluding hydrogens is 230 g/mol. The molecule has 0 atom stereocenters. The summed E-state index contributed by atoms with van der Waals surface area (Å²) in [7, 11) is 0. The minimum Gasteiger partial charge on any atom is -0.492 e. The highest BCUT2D eigenvalue weighted by molar-refractivity contribution is 5.66. The number of nitrogen functional groups attached to an aromatic ring is 1. The maximum absolute atomic E-state index is 5.93. The number of anilines is 1. The first-order valence-corrected chi connectivity index (χ1v) is 6.05.